The van der Waals surface area contributed by atoms with Crippen LogP contribution < -0.4 is 10.6 Å². The molecule has 0 saturated carbocycles. The second-order valence-corrected chi connectivity index (χ2v) is 1.78. The summed E-state index contributed by atoms with van der Waals surface area (Å²) >= 11 is 0. The zero-order chi connectivity index (χ0) is 8.41. The predicted octanol–water partition coefficient (Wildman–Crippen LogP) is 1.36. The van der Waals surface area contributed by atoms with Crippen molar-refractivity contribution in [1.29, 1.82) is 0 Å². The number of rotatable bonds is 0. The zero-order valence-corrected chi connectivity index (χ0v) is 7.62. The highest BCUT2D eigenvalue weighted by molar-refractivity contribution is 4.99. The lowest BCUT2D eigenvalue weighted by Gasteiger charge is -2.16. The molecule has 1 aliphatic heterocycles. The lowest BCUT2D eigenvalue weighted by Crippen LogP contribution is -2.26. The standard InChI is InChI=1S/C4H7N.C2H7N.C2H6/c1-4-2-3-5-4;1-3-2;1-2/h5H,1-3H2;3H,1-2H3;1-2H3. The lowest BCUT2D eigenvalue weighted by molar-refractivity contribution is 0.638. The molecule has 2 N–H and O–H groups in total. The summed E-state index contributed by atoms with van der Waals surface area (Å²) in [6.45, 7) is 8.79. The molecule has 0 amide bonds. The van der Waals surface area contributed by atoms with Crippen molar-refractivity contribution >= 4 is 0 Å². The largest absolute Gasteiger partial charge is 0.388 e. The maximum atomic E-state index is 3.65. The van der Waals surface area contributed by atoms with E-state index in [1.807, 2.05) is 27.9 Å². The summed E-state index contributed by atoms with van der Waals surface area (Å²) in [7, 11) is 3.75. The first-order chi connectivity index (χ1) is 4.81. The van der Waals surface area contributed by atoms with Crippen LogP contribution in [0.3, 0.4) is 0 Å². The monoisotopic (exact) mass is 144 g/mol. The van der Waals surface area contributed by atoms with Gasteiger partial charge in [0.15, 0.2) is 0 Å². The van der Waals surface area contributed by atoms with E-state index in [2.05, 4.69) is 17.2 Å². The third-order valence-corrected chi connectivity index (χ3v) is 0.802. The van der Waals surface area contributed by atoms with Gasteiger partial charge >= 0.3 is 0 Å². The molecule has 2 nitrogen and oxygen atoms in total. The van der Waals surface area contributed by atoms with Gasteiger partial charge in [-0.05, 0) is 14.1 Å². The molecule has 1 heterocycles. The van der Waals surface area contributed by atoms with Crippen molar-refractivity contribution in [3.8, 4) is 0 Å². The zero-order valence-electron chi connectivity index (χ0n) is 7.62. The van der Waals surface area contributed by atoms with Crippen LogP contribution >= 0.6 is 0 Å². The second-order valence-electron chi connectivity index (χ2n) is 1.78. The van der Waals surface area contributed by atoms with Gasteiger partial charge in [0.1, 0.15) is 0 Å². The fourth-order valence-corrected chi connectivity index (χ4v) is 0.302. The van der Waals surface area contributed by atoms with Gasteiger partial charge in [-0.15, -0.1) is 0 Å². The van der Waals surface area contributed by atoms with Gasteiger partial charge in [0.2, 0.25) is 0 Å². The molecular formula is C8H20N2. The molecule has 1 fully saturated rings. The van der Waals surface area contributed by atoms with Gasteiger partial charge in [-0.3, -0.25) is 0 Å². The fraction of sp³-hybridized carbons (Fsp3) is 0.750. The average Bonchev–Trinajstić information content (AvgIpc) is 1.90. The minimum atomic E-state index is 1.14. The van der Waals surface area contributed by atoms with E-state index >= 15 is 0 Å². The topological polar surface area (TPSA) is 24.1 Å². The van der Waals surface area contributed by atoms with Crippen LogP contribution in [0.25, 0.3) is 0 Å². The Balaban J connectivity index is 0. The Morgan fingerprint density at radius 1 is 1.40 bits per heavy atom. The third-order valence-electron chi connectivity index (χ3n) is 0.802. The van der Waals surface area contributed by atoms with Gasteiger partial charge in [0.05, 0.1) is 0 Å². The van der Waals surface area contributed by atoms with Crippen LogP contribution in [0.4, 0.5) is 0 Å². The minimum Gasteiger partial charge on any atom is -0.388 e. The van der Waals surface area contributed by atoms with Crippen LogP contribution in [0.5, 0.6) is 0 Å². The van der Waals surface area contributed by atoms with Crippen LogP contribution in [0.2, 0.25) is 0 Å². The normalized spacial score (nSPS) is 12.6. The van der Waals surface area contributed by atoms with Gasteiger partial charge in [-0.1, -0.05) is 20.4 Å². The average molecular weight is 144 g/mol. The number of hydrogen-bond acceptors (Lipinski definition) is 2. The second kappa shape index (κ2) is 11.3. The molecule has 0 atom stereocenters. The highest BCUT2D eigenvalue weighted by atomic mass is 14.9. The molecule has 1 aliphatic rings. The first-order valence-corrected chi connectivity index (χ1v) is 3.81. The summed E-state index contributed by atoms with van der Waals surface area (Å²) in [6.07, 6.45) is 1.18. The first-order valence-electron chi connectivity index (χ1n) is 3.81. The van der Waals surface area contributed by atoms with E-state index in [0.29, 0.717) is 0 Å². The van der Waals surface area contributed by atoms with Crippen molar-refractivity contribution < 1.29 is 0 Å². The summed E-state index contributed by atoms with van der Waals surface area (Å²) in [5.74, 6) is 0. The summed E-state index contributed by atoms with van der Waals surface area (Å²) in [5.41, 5.74) is 1.19. The first kappa shape index (κ1) is 12.2. The summed E-state index contributed by atoms with van der Waals surface area (Å²) < 4.78 is 0. The molecule has 10 heavy (non-hydrogen) atoms. The van der Waals surface area contributed by atoms with Crippen molar-refractivity contribution in [3.63, 3.8) is 0 Å². The highest BCUT2D eigenvalue weighted by Gasteiger charge is 1.99. The Morgan fingerprint density at radius 2 is 1.60 bits per heavy atom. The van der Waals surface area contributed by atoms with Crippen LogP contribution in [-0.4, -0.2) is 20.6 Å². The Morgan fingerprint density at radius 3 is 1.60 bits per heavy atom. The van der Waals surface area contributed by atoms with Crippen molar-refractivity contribution in [2.45, 2.75) is 20.3 Å². The van der Waals surface area contributed by atoms with E-state index < -0.39 is 0 Å². The van der Waals surface area contributed by atoms with Crippen LogP contribution in [0.15, 0.2) is 12.3 Å². The van der Waals surface area contributed by atoms with Gasteiger partial charge < -0.3 is 10.6 Å². The van der Waals surface area contributed by atoms with E-state index in [-0.39, 0.29) is 0 Å². The molecule has 0 radical (unpaired) electrons. The van der Waals surface area contributed by atoms with Crippen LogP contribution in [0, 0.1) is 0 Å². The molecule has 1 saturated heterocycles. The molecule has 0 aromatic carbocycles. The van der Waals surface area contributed by atoms with Crippen molar-refractivity contribution in [1.82, 2.24) is 10.6 Å². The maximum absolute atomic E-state index is 3.65. The number of nitrogens with one attached hydrogen (secondary N) is 2. The molecule has 0 bridgehead atoms. The van der Waals surface area contributed by atoms with Gasteiger partial charge in [-0.2, -0.15) is 0 Å². The molecule has 62 valence electrons. The van der Waals surface area contributed by atoms with Gasteiger partial charge in [0, 0.05) is 18.7 Å². The highest BCUT2D eigenvalue weighted by Crippen LogP contribution is 1.99. The van der Waals surface area contributed by atoms with Crippen molar-refractivity contribution in [3.05, 3.63) is 12.3 Å². The molecule has 1 rings (SSSR count). The Bertz CT molecular complexity index is 63.7. The Hall–Kier alpha value is -0.500. The van der Waals surface area contributed by atoms with Gasteiger partial charge in [0.25, 0.3) is 0 Å². The lowest BCUT2D eigenvalue weighted by atomic mass is 10.2. The molecule has 0 aromatic heterocycles. The number of hydrogen-bond donors (Lipinski definition) is 2. The van der Waals surface area contributed by atoms with E-state index in [4.69, 9.17) is 0 Å². The summed E-state index contributed by atoms with van der Waals surface area (Å²) in [5, 5.41) is 5.76. The molecule has 2 heteroatoms. The summed E-state index contributed by atoms with van der Waals surface area (Å²) in [4.78, 5) is 0. The Labute approximate surface area is 64.7 Å². The minimum absolute atomic E-state index is 1.14. The predicted molar refractivity (Wildman–Crippen MR) is 48.1 cm³/mol. The van der Waals surface area contributed by atoms with E-state index in [0.717, 1.165) is 6.54 Å². The van der Waals surface area contributed by atoms with Crippen molar-refractivity contribution in [2.24, 2.45) is 0 Å². The molecule has 0 spiro atoms. The van der Waals surface area contributed by atoms with E-state index in [1.165, 1.54) is 12.1 Å². The molecule has 0 aliphatic carbocycles. The summed E-state index contributed by atoms with van der Waals surface area (Å²) in [6, 6.07) is 0. The third kappa shape index (κ3) is 10.5. The quantitative estimate of drug-likeness (QED) is 0.536. The van der Waals surface area contributed by atoms with Gasteiger partial charge in [-0.25, -0.2) is 0 Å². The smallest absolute Gasteiger partial charge is 0.0198 e. The molecule has 0 aromatic rings. The Kier molecular flexibility index (Phi) is 13.8. The van der Waals surface area contributed by atoms with Crippen LogP contribution in [0.1, 0.15) is 20.3 Å². The fourth-order valence-electron chi connectivity index (χ4n) is 0.302. The van der Waals surface area contributed by atoms with Crippen molar-refractivity contribution in [2.75, 3.05) is 20.6 Å². The maximum Gasteiger partial charge on any atom is 0.0198 e. The molecular weight excluding hydrogens is 124 g/mol. The van der Waals surface area contributed by atoms with Crippen LogP contribution in [-0.2, 0) is 0 Å². The van der Waals surface area contributed by atoms with E-state index in [1.54, 1.807) is 0 Å². The SMILES string of the molecule is C=C1CCN1.CC.CNC. The van der Waals surface area contributed by atoms with E-state index in [9.17, 15) is 0 Å². The molecule has 0 unspecified atom stereocenters.